The molecule has 1 saturated heterocycles. The van der Waals surface area contributed by atoms with Crippen LogP contribution < -0.4 is 11.1 Å². The van der Waals surface area contributed by atoms with Crippen LogP contribution in [0.2, 0.25) is 0 Å². The second-order valence-corrected chi connectivity index (χ2v) is 5.11. The lowest BCUT2D eigenvalue weighted by molar-refractivity contribution is 0.100. The Labute approximate surface area is 123 Å². The summed E-state index contributed by atoms with van der Waals surface area (Å²) >= 11 is 0. The summed E-state index contributed by atoms with van der Waals surface area (Å²) in [5, 5.41) is 9.10. The van der Waals surface area contributed by atoms with E-state index in [1.54, 1.807) is 6.07 Å². The van der Waals surface area contributed by atoms with Gasteiger partial charge in [-0.25, -0.2) is 0 Å². The van der Waals surface area contributed by atoms with E-state index in [-0.39, 0.29) is 12.4 Å². The Morgan fingerprint density at radius 2 is 2.10 bits per heavy atom. The monoisotopic (exact) mass is 294 g/mol. The van der Waals surface area contributed by atoms with Crippen molar-refractivity contribution in [2.45, 2.75) is 25.8 Å². The van der Waals surface area contributed by atoms with E-state index in [1.807, 2.05) is 19.1 Å². The van der Waals surface area contributed by atoms with E-state index in [4.69, 9.17) is 5.73 Å². The van der Waals surface area contributed by atoms with Gasteiger partial charge in [-0.15, -0.1) is 12.4 Å². The Morgan fingerprint density at radius 1 is 1.40 bits per heavy atom. The number of halogens is 1. The maximum atomic E-state index is 11.3. The molecule has 2 aromatic rings. The molecule has 1 aliphatic heterocycles. The zero-order chi connectivity index (χ0) is 13.4. The number of carbonyl (C=O) groups is 1. The quantitative estimate of drug-likeness (QED) is 0.887. The molecule has 5 nitrogen and oxygen atoms in total. The molecule has 0 unspecified atom stereocenters. The number of hydrogen-bond donors (Lipinski definition) is 2. The number of benzene rings is 1. The molecule has 0 spiro atoms. The summed E-state index contributed by atoms with van der Waals surface area (Å²) in [5.41, 5.74) is 7.92. The lowest BCUT2D eigenvalue weighted by atomic mass is 10.1. The van der Waals surface area contributed by atoms with Crippen molar-refractivity contribution in [2.75, 3.05) is 13.1 Å². The second-order valence-electron chi connectivity index (χ2n) is 5.11. The van der Waals surface area contributed by atoms with Crippen molar-refractivity contribution >= 4 is 29.2 Å². The van der Waals surface area contributed by atoms with Crippen molar-refractivity contribution in [3.8, 4) is 0 Å². The number of piperidine rings is 1. The van der Waals surface area contributed by atoms with Gasteiger partial charge in [0.05, 0.1) is 17.3 Å². The number of aromatic nitrogens is 2. The zero-order valence-corrected chi connectivity index (χ0v) is 12.2. The summed E-state index contributed by atoms with van der Waals surface area (Å²) in [6, 6.07) is 5.97. The van der Waals surface area contributed by atoms with E-state index in [9.17, 15) is 4.79 Å². The molecule has 0 saturated carbocycles. The van der Waals surface area contributed by atoms with Crippen molar-refractivity contribution in [2.24, 2.45) is 5.73 Å². The minimum atomic E-state index is -0.391. The normalized spacial score (nSPS) is 16.1. The fourth-order valence-corrected chi connectivity index (χ4v) is 2.78. The molecule has 20 heavy (non-hydrogen) atoms. The first-order chi connectivity index (χ1) is 9.16. The third-order valence-corrected chi connectivity index (χ3v) is 3.83. The SMILES string of the molecule is Cc1nn(C2CCNCC2)c2cc(C(N)=O)ccc12.Cl. The first-order valence-electron chi connectivity index (χ1n) is 6.66. The molecule has 0 bridgehead atoms. The highest BCUT2D eigenvalue weighted by Crippen LogP contribution is 2.26. The number of fused-ring (bicyclic) bond motifs is 1. The van der Waals surface area contributed by atoms with E-state index in [0.717, 1.165) is 42.5 Å². The number of aryl methyl sites for hydroxylation is 1. The Bertz CT molecular complexity index is 631. The average molecular weight is 295 g/mol. The summed E-state index contributed by atoms with van der Waals surface area (Å²) in [5.74, 6) is -0.391. The highest BCUT2D eigenvalue weighted by Gasteiger charge is 2.19. The van der Waals surface area contributed by atoms with Crippen LogP contribution in [0.25, 0.3) is 10.9 Å². The van der Waals surface area contributed by atoms with Gasteiger partial charge in [0.25, 0.3) is 0 Å². The van der Waals surface area contributed by atoms with Crippen LogP contribution in [0.4, 0.5) is 0 Å². The van der Waals surface area contributed by atoms with Crippen LogP contribution >= 0.6 is 12.4 Å². The van der Waals surface area contributed by atoms with Gasteiger partial charge in [0.1, 0.15) is 0 Å². The van der Waals surface area contributed by atoms with Crippen LogP contribution in [0.1, 0.15) is 34.9 Å². The maximum absolute atomic E-state index is 11.3. The molecule has 0 radical (unpaired) electrons. The molecule has 6 heteroatoms. The van der Waals surface area contributed by atoms with Crippen LogP contribution in [0.15, 0.2) is 18.2 Å². The molecule has 1 aromatic carbocycles. The van der Waals surface area contributed by atoms with Gasteiger partial charge in [-0.05, 0) is 45.0 Å². The Kier molecular flexibility index (Phi) is 4.30. The fraction of sp³-hybridized carbons (Fsp3) is 0.429. The van der Waals surface area contributed by atoms with Gasteiger partial charge in [-0.3, -0.25) is 9.48 Å². The summed E-state index contributed by atoms with van der Waals surface area (Å²) in [7, 11) is 0. The molecule has 1 aliphatic rings. The molecule has 0 atom stereocenters. The number of primary amides is 1. The maximum Gasteiger partial charge on any atom is 0.248 e. The highest BCUT2D eigenvalue weighted by molar-refractivity contribution is 5.97. The minimum Gasteiger partial charge on any atom is -0.366 e. The zero-order valence-electron chi connectivity index (χ0n) is 11.4. The van der Waals surface area contributed by atoms with E-state index < -0.39 is 5.91 Å². The molecule has 108 valence electrons. The molecule has 1 amide bonds. The Morgan fingerprint density at radius 3 is 2.75 bits per heavy atom. The Hall–Kier alpha value is -1.59. The number of nitrogens with one attached hydrogen (secondary N) is 1. The van der Waals surface area contributed by atoms with Crippen LogP contribution in [-0.4, -0.2) is 28.8 Å². The molecule has 1 fully saturated rings. The van der Waals surface area contributed by atoms with Crippen molar-refractivity contribution in [3.05, 3.63) is 29.5 Å². The lowest BCUT2D eigenvalue weighted by Crippen LogP contribution is -2.29. The van der Waals surface area contributed by atoms with Gasteiger partial charge in [0.2, 0.25) is 5.91 Å². The van der Waals surface area contributed by atoms with Gasteiger partial charge in [0.15, 0.2) is 0 Å². The van der Waals surface area contributed by atoms with Gasteiger partial charge in [-0.2, -0.15) is 5.10 Å². The molecular formula is C14H19ClN4O. The summed E-state index contributed by atoms with van der Waals surface area (Å²) < 4.78 is 2.07. The van der Waals surface area contributed by atoms with Crippen LogP contribution in [0, 0.1) is 6.92 Å². The van der Waals surface area contributed by atoms with Gasteiger partial charge in [-0.1, -0.05) is 6.07 Å². The number of nitrogens with zero attached hydrogens (tertiary/aromatic N) is 2. The van der Waals surface area contributed by atoms with Gasteiger partial charge < -0.3 is 11.1 Å². The number of hydrogen-bond acceptors (Lipinski definition) is 3. The predicted octanol–water partition coefficient (Wildman–Crippen LogP) is 1.79. The third-order valence-electron chi connectivity index (χ3n) is 3.83. The van der Waals surface area contributed by atoms with Gasteiger partial charge >= 0.3 is 0 Å². The van der Waals surface area contributed by atoms with Crippen molar-refractivity contribution in [1.82, 2.24) is 15.1 Å². The van der Waals surface area contributed by atoms with Crippen molar-refractivity contribution < 1.29 is 4.79 Å². The number of amides is 1. The van der Waals surface area contributed by atoms with Crippen LogP contribution in [-0.2, 0) is 0 Å². The van der Waals surface area contributed by atoms with Crippen molar-refractivity contribution in [3.63, 3.8) is 0 Å². The summed E-state index contributed by atoms with van der Waals surface area (Å²) in [4.78, 5) is 11.3. The second kappa shape index (κ2) is 5.81. The van der Waals surface area contributed by atoms with Crippen molar-refractivity contribution in [1.29, 1.82) is 0 Å². The molecule has 3 rings (SSSR count). The van der Waals surface area contributed by atoms with E-state index in [0.29, 0.717) is 11.6 Å². The number of carbonyl (C=O) groups excluding carboxylic acids is 1. The molecule has 3 N–H and O–H groups in total. The molecule has 2 heterocycles. The standard InChI is InChI=1S/C14H18N4O.ClH/c1-9-12-3-2-10(14(15)19)8-13(12)18(17-9)11-4-6-16-7-5-11;/h2-3,8,11,16H,4-7H2,1H3,(H2,15,19);1H. The first kappa shape index (κ1) is 14.8. The van der Waals surface area contributed by atoms with E-state index in [1.165, 1.54) is 0 Å². The summed E-state index contributed by atoms with van der Waals surface area (Å²) in [6.45, 7) is 4.03. The first-order valence-corrected chi connectivity index (χ1v) is 6.66. The van der Waals surface area contributed by atoms with Gasteiger partial charge in [0, 0.05) is 10.9 Å². The lowest BCUT2D eigenvalue weighted by Gasteiger charge is -2.23. The topological polar surface area (TPSA) is 72.9 Å². The largest absolute Gasteiger partial charge is 0.366 e. The smallest absolute Gasteiger partial charge is 0.248 e. The highest BCUT2D eigenvalue weighted by atomic mass is 35.5. The molecule has 1 aromatic heterocycles. The fourth-order valence-electron chi connectivity index (χ4n) is 2.78. The minimum absolute atomic E-state index is 0. The Balaban J connectivity index is 0.00000147. The average Bonchev–Trinajstić information content (AvgIpc) is 2.77. The molecular weight excluding hydrogens is 276 g/mol. The van der Waals surface area contributed by atoms with Crippen LogP contribution in [0.5, 0.6) is 0 Å². The number of nitrogens with two attached hydrogens (primary N) is 1. The molecule has 0 aliphatic carbocycles. The summed E-state index contributed by atoms with van der Waals surface area (Å²) in [6.07, 6.45) is 2.13. The third kappa shape index (κ3) is 2.51. The van der Waals surface area contributed by atoms with E-state index >= 15 is 0 Å². The predicted molar refractivity (Wildman–Crippen MR) is 81.4 cm³/mol. The number of rotatable bonds is 2. The van der Waals surface area contributed by atoms with Crippen LogP contribution in [0.3, 0.4) is 0 Å². The van der Waals surface area contributed by atoms with E-state index in [2.05, 4.69) is 15.1 Å².